The Morgan fingerprint density at radius 1 is 1.19 bits per heavy atom. The van der Waals surface area contributed by atoms with Crippen LogP contribution in [0.1, 0.15) is 31.2 Å². The molecule has 0 bridgehead atoms. The maximum Gasteiger partial charge on any atom is 0.391 e. The van der Waals surface area contributed by atoms with E-state index in [9.17, 15) is 26.4 Å². The molecule has 2 rings (SSSR count). The first-order chi connectivity index (χ1) is 12.1. The predicted octanol–water partition coefficient (Wildman–Crippen LogP) is 2.52. The molecule has 1 saturated carbocycles. The number of rotatable bonds is 5. The smallest absolute Gasteiger partial charge is 0.335 e. The van der Waals surface area contributed by atoms with E-state index in [1.54, 1.807) is 12.1 Å². The Labute approximate surface area is 150 Å². The Hall–Kier alpha value is -1.81. The van der Waals surface area contributed by atoms with Crippen LogP contribution in [0.5, 0.6) is 0 Å². The van der Waals surface area contributed by atoms with Crippen LogP contribution in [0.25, 0.3) is 0 Å². The number of amides is 2. The molecule has 0 saturated heterocycles. The summed E-state index contributed by atoms with van der Waals surface area (Å²) in [4.78, 5) is 12.0. The quantitative estimate of drug-likeness (QED) is 0.718. The van der Waals surface area contributed by atoms with Gasteiger partial charge >= 0.3 is 12.2 Å². The minimum atomic E-state index is -4.23. The van der Waals surface area contributed by atoms with Crippen molar-refractivity contribution < 1.29 is 26.4 Å². The second kappa shape index (κ2) is 8.26. The van der Waals surface area contributed by atoms with Crippen LogP contribution in [0.4, 0.5) is 18.0 Å². The minimum absolute atomic E-state index is 0.102. The van der Waals surface area contributed by atoms with Gasteiger partial charge in [0, 0.05) is 12.6 Å². The molecule has 0 radical (unpaired) electrons. The number of hydrogen-bond donors (Lipinski definition) is 3. The zero-order valence-corrected chi connectivity index (χ0v) is 15.1. The summed E-state index contributed by atoms with van der Waals surface area (Å²) in [6, 6.07) is 4.91. The van der Waals surface area contributed by atoms with Crippen molar-refractivity contribution >= 4 is 16.1 Å². The van der Waals surface area contributed by atoms with E-state index < -0.39 is 34.2 Å². The third-order valence-corrected chi connectivity index (χ3v) is 5.86. The number of urea groups is 1. The molecule has 1 aliphatic carbocycles. The number of carbonyl (C=O) groups is 1. The Balaban J connectivity index is 1.83. The molecule has 0 aromatic heterocycles. The number of sulfonamides is 1. The molecule has 10 heteroatoms. The van der Waals surface area contributed by atoms with E-state index in [0.29, 0.717) is 18.4 Å². The maximum atomic E-state index is 12.8. The van der Waals surface area contributed by atoms with Gasteiger partial charge in [-0.3, -0.25) is 0 Å². The summed E-state index contributed by atoms with van der Waals surface area (Å²) in [5.74, 6) is -1.37. The van der Waals surface area contributed by atoms with Crippen molar-refractivity contribution in [2.75, 3.05) is 7.05 Å². The van der Waals surface area contributed by atoms with Crippen molar-refractivity contribution in [1.82, 2.24) is 15.4 Å². The van der Waals surface area contributed by atoms with Crippen LogP contribution in [0.15, 0.2) is 29.2 Å². The molecule has 1 fully saturated rings. The predicted molar refractivity (Wildman–Crippen MR) is 89.9 cm³/mol. The van der Waals surface area contributed by atoms with Gasteiger partial charge in [0.1, 0.15) is 0 Å². The van der Waals surface area contributed by atoms with Gasteiger partial charge in [-0.25, -0.2) is 17.9 Å². The SMILES string of the molecule is CNS(=O)(=O)c1ccc(CNC(=O)NC2CCCC(C(F)(F)F)C2)cc1. The lowest BCUT2D eigenvalue weighted by molar-refractivity contribution is -0.183. The number of halogens is 3. The van der Waals surface area contributed by atoms with Crippen LogP contribution in [0.2, 0.25) is 0 Å². The zero-order valence-electron chi connectivity index (χ0n) is 14.3. The fourth-order valence-corrected chi connectivity index (χ4v) is 3.67. The van der Waals surface area contributed by atoms with E-state index in [4.69, 9.17) is 0 Å². The molecular weight excluding hydrogens is 371 g/mol. The lowest BCUT2D eigenvalue weighted by Gasteiger charge is -2.31. The average molecular weight is 393 g/mol. The summed E-state index contributed by atoms with van der Waals surface area (Å²) in [5.41, 5.74) is 0.673. The number of carbonyl (C=O) groups excluding carboxylic acids is 1. The summed E-state index contributed by atoms with van der Waals surface area (Å²) in [6.07, 6.45) is -3.28. The molecule has 0 heterocycles. The highest BCUT2D eigenvalue weighted by Gasteiger charge is 2.42. The molecule has 6 nitrogen and oxygen atoms in total. The van der Waals surface area contributed by atoms with Crippen molar-refractivity contribution in [2.45, 2.75) is 49.3 Å². The van der Waals surface area contributed by atoms with Crippen molar-refractivity contribution in [2.24, 2.45) is 5.92 Å². The molecule has 26 heavy (non-hydrogen) atoms. The normalized spacial score (nSPS) is 21.2. The van der Waals surface area contributed by atoms with Crippen LogP contribution in [0.3, 0.4) is 0 Å². The first-order valence-electron chi connectivity index (χ1n) is 8.25. The summed E-state index contributed by atoms with van der Waals surface area (Å²) in [5, 5.41) is 5.16. The molecule has 0 spiro atoms. The van der Waals surface area contributed by atoms with Crippen LogP contribution >= 0.6 is 0 Å². The summed E-state index contributed by atoms with van der Waals surface area (Å²) >= 11 is 0. The third-order valence-electron chi connectivity index (χ3n) is 4.43. The molecular formula is C16H22F3N3O3S. The molecule has 3 N–H and O–H groups in total. The lowest BCUT2D eigenvalue weighted by Crippen LogP contribution is -2.45. The van der Waals surface area contributed by atoms with Crippen LogP contribution in [0, 0.1) is 5.92 Å². The number of hydrogen-bond acceptors (Lipinski definition) is 3. The maximum absolute atomic E-state index is 12.8. The van der Waals surface area contributed by atoms with Crippen LogP contribution in [-0.2, 0) is 16.6 Å². The van der Waals surface area contributed by atoms with Gasteiger partial charge in [0.2, 0.25) is 10.0 Å². The average Bonchev–Trinajstić information content (AvgIpc) is 2.60. The van der Waals surface area contributed by atoms with Crippen LogP contribution < -0.4 is 15.4 Å². The fourth-order valence-electron chi connectivity index (χ4n) is 2.94. The molecule has 146 valence electrons. The molecule has 1 aromatic rings. The Morgan fingerprint density at radius 3 is 2.42 bits per heavy atom. The molecule has 1 aromatic carbocycles. The van der Waals surface area contributed by atoms with E-state index in [0.717, 1.165) is 0 Å². The number of alkyl halides is 3. The van der Waals surface area contributed by atoms with Gasteiger partial charge < -0.3 is 10.6 Å². The summed E-state index contributed by atoms with van der Waals surface area (Å²) < 4.78 is 63.8. The van der Waals surface area contributed by atoms with Crippen molar-refractivity contribution in [3.63, 3.8) is 0 Å². The van der Waals surface area contributed by atoms with Gasteiger partial charge in [-0.15, -0.1) is 0 Å². The number of benzene rings is 1. The topological polar surface area (TPSA) is 87.3 Å². The minimum Gasteiger partial charge on any atom is -0.335 e. The van der Waals surface area contributed by atoms with Gasteiger partial charge in [0.25, 0.3) is 0 Å². The first-order valence-corrected chi connectivity index (χ1v) is 9.73. The third kappa shape index (κ3) is 5.60. The van der Waals surface area contributed by atoms with Crippen molar-refractivity contribution in [3.8, 4) is 0 Å². The zero-order chi connectivity index (χ0) is 19.4. The van der Waals surface area contributed by atoms with E-state index >= 15 is 0 Å². The molecule has 0 aliphatic heterocycles. The fraction of sp³-hybridized carbons (Fsp3) is 0.562. The van der Waals surface area contributed by atoms with Gasteiger partial charge in [0.15, 0.2) is 0 Å². The van der Waals surface area contributed by atoms with Crippen molar-refractivity contribution in [1.29, 1.82) is 0 Å². The standard InChI is InChI=1S/C16H22F3N3O3S/c1-20-26(24,25)14-7-5-11(6-8-14)10-21-15(23)22-13-4-2-3-12(9-13)16(17,18)19/h5-8,12-13,20H,2-4,9-10H2,1H3,(H2,21,22,23). The highest BCUT2D eigenvalue weighted by atomic mass is 32.2. The van der Waals surface area contributed by atoms with Gasteiger partial charge in [0.05, 0.1) is 10.8 Å². The highest BCUT2D eigenvalue weighted by Crippen LogP contribution is 2.37. The molecule has 2 unspecified atom stereocenters. The Bertz CT molecular complexity index is 720. The van der Waals surface area contributed by atoms with Crippen LogP contribution in [-0.4, -0.2) is 33.7 Å². The Morgan fingerprint density at radius 2 is 1.85 bits per heavy atom. The van der Waals surface area contributed by atoms with E-state index in [1.165, 1.54) is 19.2 Å². The number of nitrogens with one attached hydrogen (secondary N) is 3. The summed E-state index contributed by atoms with van der Waals surface area (Å²) in [7, 11) is -2.22. The van der Waals surface area contributed by atoms with Gasteiger partial charge in [-0.2, -0.15) is 13.2 Å². The van der Waals surface area contributed by atoms with Gasteiger partial charge in [-0.1, -0.05) is 18.6 Å². The highest BCUT2D eigenvalue weighted by molar-refractivity contribution is 7.89. The molecule has 2 amide bonds. The monoisotopic (exact) mass is 393 g/mol. The van der Waals surface area contributed by atoms with E-state index in [2.05, 4.69) is 15.4 Å². The van der Waals surface area contributed by atoms with Gasteiger partial charge in [-0.05, 0) is 44.0 Å². The van der Waals surface area contributed by atoms with Crippen molar-refractivity contribution in [3.05, 3.63) is 29.8 Å². The van der Waals surface area contributed by atoms with E-state index in [1.807, 2.05) is 0 Å². The summed E-state index contributed by atoms with van der Waals surface area (Å²) in [6.45, 7) is 0.140. The second-order valence-corrected chi connectivity index (χ2v) is 8.17. The van der Waals surface area contributed by atoms with E-state index in [-0.39, 0.29) is 24.3 Å². The first kappa shape index (κ1) is 20.5. The largest absolute Gasteiger partial charge is 0.391 e. The second-order valence-electron chi connectivity index (χ2n) is 6.28. The lowest BCUT2D eigenvalue weighted by atomic mass is 9.85. The molecule has 2 atom stereocenters. The Kier molecular flexibility index (Phi) is 6.51. The molecule has 1 aliphatic rings.